The quantitative estimate of drug-likeness (QED) is 0.825. The van der Waals surface area contributed by atoms with Crippen molar-refractivity contribution < 1.29 is 9.18 Å². The Kier molecular flexibility index (Phi) is 4.22. The first kappa shape index (κ1) is 17.5. The summed E-state index contributed by atoms with van der Waals surface area (Å²) in [7, 11) is 0. The van der Waals surface area contributed by atoms with Crippen molar-refractivity contribution in [3.8, 4) is 0 Å². The molecule has 3 aliphatic rings. The Hall–Kier alpha value is -2.63. The van der Waals surface area contributed by atoms with Crippen molar-refractivity contribution in [3.05, 3.63) is 52.7 Å². The lowest BCUT2D eigenvalue weighted by molar-refractivity contribution is -0.127. The summed E-state index contributed by atoms with van der Waals surface area (Å²) in [6, 6.07) is 5.09. The van der Waals surface area contributed by atoms with E-state index in [1.165, 1.54) is 31.3 Å². The van der Waals surface area contributed by atoms with Crippen molar-refractivity contribution in [1.29, 1.82) is 0 Å². The molecular weight excluding hydrogens is 355 g/mol. The maximum atomic E-state index is 14.1. The highest BCUT2D eigenvalue weighted by Gasteiger charge is 2.48. The lowest BCUT2D eigenvalue weighted by atomic mass is 9.59. The van der Waals surface area contributed by atoms with Gasteiger partial charge in [0.2, 0.25) is 0 Å². The van der Waals surface area contributed by atoms with Crippen molar-refractivity contribution in [2.45, 2.75) is 56.4 Å². The average molecular weight is 378 g/mol. The van der Waals surface area contributed by atoms with Crippen molar-refractivity contribution in [3.63, 3.8) is 0 Å². The zero-order chi connectivity index (χ0) is 19.3. The van der Waals surface area contributed by atoms with E-state index in [4.69, 9.17) is 5.73 Å². The highest BCUT2D eigenvalue weighted by Crippen LogP contribution is 2.53. The molecule has 2 N–H and O–H groups in total. The lowest BCUT2D eigenvalue weighted by Gasteiger charge is -2.43. The maximum absolute atomic E-state index is 14.1. The number of Topliss-reactive ketones (excluding diaryl/α,β-unsaturated/α-hetero) is 1. The number of rotatable bonds is 3. The van der Waals surface area contributed by atoms with Crippen LogP contribution in [0.25, 0.3) is 0 Å². The highest BCUT2D eigenvalue weighted by molar-refractivity contribution is 5.98. The van der Waals surface area contributed by atoms with Gasteiger partial charge in [-0.2, -0.15) is 0 Å². The molecule has 5 rings (SSSR count). The van der Waals surface area contributed by atoms with Gasteiger partial charge in [0.25, 0.3) is 0 Å². The number of carbonyl (C=O) groups excluding carboxylic acids is 1. The van der Waals surface area contributed by atoms with Gasteiger partial charge in [-0.25, -0.2) is 14.4 Å². The number of hydrogen-bond acceptors (Lipinski definition) is 5. The Balaban J connectivity index is 1.62. The number of hydrogen-bond donors (Lipinski definition) is 1. The fourth-order valence-corrected chi connectivity index (χ4v) is 5.01. The van der Waals surface area contributed by atoms with Gasteiger partial charge in [-0.3, -0.25) is 9.79 Å². The second kappa shape index (κ2) is 6.76. The van der Waals surface area contributed by atoms with Crippen molar-refractivity contribution in [2.75, 3.05) is 5.73 Å². The first-order valence-corrected chi connectivity index (χ1v) is 10.1. The van der Waals surface area contributed by atoms with Gasteiger partial charge in [0.15, 0.2) is 0 Å². The van der Waals surface area contributed by atoms with Crippen LogP contribution >= 0.6 is 0 Å². The van der Waals surface area contributed by atoms with Crippen molar-refractivity contribution in [2.24, 2.45) is 10.9 Å². The Labute approximate surface area is 163 Å². The van der Waals surface area contributed by atoms with Gasteiger partial charge in [-0.15, -0.1) is 0 Å². The molecule has 2 saturated carbocycles. The van der Waals surface area contributed by atoms with Crippen LogP contribution in [0.15, 0.2) is 29.5 Å². The number of ketones is 1. The summed E-state index contributed by atoms with van der Waals surface area (Å²) in [6.45, 7) is 0. The third-order valence-electron chi connectivity index (χ3n) is 6.64. The van der Waals surface area contributed by atoms with Gasteiger partial charge in [-0.1, -0.05) is 18.9 Å². The molecule has 0 saturated heterocycles. The number of fused-ring (bicyclic) bond motifs is 3. The molecular formula is C22H23FN4O. The number of aromatic nitrogens is 2. The van der Waals surface area contributed by atoms with Gasteiger partial charge < -0.3 is 5.73 Å². The molecule has 3 unspecified atom stereocenters. The molecule has 5 nitrogen and oxygen atoms in total. The van der Waals surface area contributed by atoms with Crippen molar-refractivity contribution in [1.82, 2.24) is 9.97 Å². The molecule has 0 aliphatic heterocycles. The minimum Gasteiger partial charge on any atom is -0.383 e. The molecule has 1 aromatic carbocycles. The van der Waals surface area contributed by atoms with E-state index >= 15 is 0 Å². The summed E-state index contributed by atoms with van der Waals surface area (Å²) in [5, 5.41) is 0. The van der Waals surface area contributed by atoms with Crippen LogP contribution in [-0.4, -0.2) is 28.0 Å². The molecule has 1 heterocycles. The van der Waals surface area contributed by atoms with Gasteiger partial charge in [0, 0.05) is 18.2 Å². The third kappa shape index (κ3) is 2.74. The van der Waals surface area contributed by atoms with Crippen LogP contribution in [-0.2, 0) is 4.79 Å². The fraction of sp³-hybridized carbons (Fsp3) is 0.455. The number of halogens is 1. The van der Waals surface area contributed by atoms with Gasteiger partial charge in [0.05, 0.1) is 17.2 Å². The Morgan fingerprint density at radius 1 is 1.07 bits per heavy atom. The standard InChI is InChI=1S/C22H23FN4O/c23-12-5-6-15-14-7-8-16(14)21(28)19(17(15)9-12)20-18(22(24)27-11-26-20)10-25-13-3-1-2-4-13/h5-6,9-11,13-14,16,19H,1-4,7-8H2,(H2,24,26,27). The number of anilines is 1. The molecule has 1 aromatic heterocycles. The molecule has 0 spiro atoms. The molecule has 2 fully saturated rings. The molecule has 144 valence electrons. The van der Waals surface area contributed by atoms with Gasteiger partial charge in [0.1, 0.15) is 23.7 Å². The Morgan fingerprint density at radius 3 is 2.61 bits per heavy atom. The van der Waals surface area contributed by atoms with E-state index in [9.17, 15) is 9.18 Å². The monoisotopic (exact) mass is 378 g/mol. The summed E-state index contributed by atoms with van der Waals surface area (Å²) < 4.78 is 14.1. The van der Waals surface area contributed by atoms with Gasteiger partial charge in [-0.05, 0) is 54.9 Å². The zero-order valence-electron chi connectivity index (χ0n) is 15.6. The second-order valence-electron chi connectivity index (χ2n) is 8.17. The normalized spacial score (nSPS) is 26.9. The lowest BCUT2D eigenvalue weighted by Crippen LogP contribution is -2.40. The van der Waals surface area contributed by atoms with E-state index in [1.807, 2.05) is 6.07 Å². The summed E-state index contributed by atoms with van der Waals surface area (Å²) in [4.78, 5) is 26.6. The van der Waals surface area contributed by atoms with Crippen LogP contribution in [0, 0.1) is 11.7 Å². The Morgan fingerprint density at radius 2 is 1.86 bits per heavy atom. The molecule has 2 aromatic rings. The SMILES string of the molecule is Nc1ncnc(C2C(=O)C3CCC3c3ccc(F)cc32)c1C=NC1CCCC1. The minimum atomic E-state index is -0.609. The first-order chi connectivity index (χ1) is 13.6. The summed E-state index contributed by atoms with van der Waals surface area (Å²) in [5.74, 6) is -0.329. The number of nitrogens with zero attached hydrogens (tertiary/aromatic N) is 3. The fourth-order valence-electron chi connectivity index (χ4n) is 5.01. The molecule has 0 amide bonds. The molecule has 3 atom stereocenters. The van der Waals surface area contributed by atoms with E-state index in [-0.39, 0.29) is 29.5 Å². The smallest absolute Gasteiger partial charge is 0.150 e. The number of nitrogen functional groups attached to an aromatic ring is 1. The van der Waals surface area contributed by atoms with Gasteiger partial charge >= 0.3 is 0 Å². The average Bonchev–Trinajstić information content (AvgIpc) is 3.15. The molecule has 0 radical (unpaired) electrons. The van der Waals surface area contributed by atoms with E-state index in [2.05, 4.69) is 15.0 Å². The predicted octanol–water partition coefficient (Wildman–Crippen LogP) is 3.77. The number of nitrogens with two attached hydrogens (primary N) is 1. The Bertz CT molecular complexity index is 967. The van der Waals surface area contributed by atoms with E-state index in [0.717, 1.165) is 36.8 Å². The zero-order valence-corrected chi connectivity index (χ0v) is 15.6. The summed E-state index contributed by atoms with van der Waals surface area (Å²) >= 11 is 0. The largest absolute Gasteiger partial charge is 0.383 e. The molecule has 6 heteroatoms. The molecule has 28 heavy (non-hydrogen) atoms. The molecule has 3 aliphatic carbocycles. The number of aliphatic imine (C=N–C) groups is 1. The maximum Gasteiger partial charge on any atom is 0.150 e. The van der Waals surface area contributed by atoms with E-state index in [1.54, 1.807) is 6.21 Å². The highest BCUT2D eigenvalue weighted by atomic mass is 19.1. The second-order valence-corrected chi connectivity index (χ2v) is 8.17. The van der Waals surface area contributed by atoms with Crippen LogP contribution in [0.3, 0.4) is 0 Å². The summed E-state index contributed by atoms with van der Waals surface area (Å²) in [6.07, 6.45) is 9.49. The van der Waals surface area contributed by atoms with Crippen LogP contribution in [0.5, 0.6) is 0 Å². The van der Waals surface area contributed by atoms with Crippen LogP contribution in [0.2, 0.25) is 0 Å². The van der Waals surface area contributed by atoms with Crippen LogP contribution in [0.1, 0.15) is 72.7 Å². The molecule has 0 bridgehead atoms. The third-order valence-corrected chi connectivity index (χ3v) is 6.64. The minimum absolute atomic E-state index is 0.0150. The van der Waals surface area contributed by atoms with Crippen LogP contribution in [0.4, 0.5) is 10.2 Å². The number of benzene rings is 1. The van der Waals surface area contributed by atoms with E-state index < -0.39 is 5.92 Å². The topological polar surface area (TPSA) is 81.2 Å². The first-order valence-electron chi connectivity index (χ1n) is 10.1. The summed E-state index contributed by atoms with van der Waals surface area (Å²) in [5.41, 5.74) is 9.10. The van der Waals surface area contributed by atoms with E-state index in [0.29, 0.717) is 17.1 Å². The predicted molar refractivity (Wildman–Crippen MR) is 105 cm³/mol. The van der Waals surface area contributed by atoms with Crippen LogP contribution < -0.4 is 5.73 Å². The number of carbonyl (C=O) groups is 1. The van der Waals surface area contributed by atoms with Crippen molar-refractivity contribution >= 4 is 17.8 Å².